The molecule has 0 bridgehead atoms. The number of likely N-dealkylation sites (tertiary alicyclic amines) is 1. The predicted octanol–water partition coefficient (Wildman–Crippen LogP) is 3.95. The fraction of sp³-hybridized carbons (Fsp3) is 0.727. The molecule has 2 heterocycles. The van der Waals surface area contributed by atoms with E-state index in [1.165, 1.54) is 51.7 Å². The summed E-state index contributed by atoms with van der Waals surface area (Å²) in [6.45, 7) is 9.37. The Labute approximate surface area is 193 Å². The Balaban J connectivity index is 0.00000300. The molecule has 29 heavy (non-hydrogen) atoms. The van der Waals surface area contributed by atoms with Gasteiger partial charge in [0.05, 0.1) is 6.54 Å². The van der Waals surface area contributed by atoms with Gasteiger partial charge in [-0.1, -0.05) is 13.0 Å². The fourth-order valence-electron chi connectivity index (χ4n) is 4.11. The van der Waals surface area contributed by atoms with Crippen molar-refractivity contribution in [3.8, 4) is 5.88 Å². The highest BCUT2D eigenvalue weighted by molar-refractivity contribution is 14.0. The summed E-state index contributed by atoms with van der Waals surface area (Å²) >= 11 is 0. The molecule has 164 valence electrons. The van der Waals surface area contributed by atoms with Crippen LogP contribution < -0.4 is 15.4 Å². The molecular formula is C22H38IN5O. The zero-order chi connectivity index (χ0) is 19.6. The molecule has 1 saturated carbocycles. The minimum Gasteiger partial charge on any atom is -0.474 e. The molecule has 3 rings (SSSR count). The normalized spacial score (nSPS) is 19.0. The number of aliphatic imine (C=N–C) groups is 1. The van der Waals surface area contributed by atoms with Gasteiger partial charge in [0.15, 0.2) is 5.96 Å². The van der Waals surface area contributed by atoms with Gasteiger partial charge in [-0.05, 0) is 64.5 Å². The van der Waals surface area contributed by atoms with E-state index < -0.39 is 0 Å². The highest BCUT2D eigenvalue weighted by Gasteiger charge is 2.20. The Kier molecular flexibility index (Phi) is 11.1. The van der Waals surface area contributed by atoms with E-state index in [-0.39, 0.29) is 24.0 Å². The van der Waals surface area contributed by atoms with Crippen molar-refractivity contribution in [3.63, 3.8) is 0 Å². The highest BCUT2D eigenvalue weighted by atomic mass is 127. The van der Waals surface area contributed by atoms with Crippen molar-refractivity contribution < 1.29 is 4.74 Å². The second-order valence-electron chi connectivity index (χ2n) is 7.95. The number of hydrogen-bond acceptors (Lipinski definition) is 4. The molecule has 0 atom stereocenters. The van der Waals surface area contributed by atoms with Crippen molar-refractivity contribution in [2.24, 2.45) is 4.99 Å². The van der Waals surface area contributed by atoms with Gasteiger partial charge in [0.2, 0.25) is 5.88 Å². The molecule has 6 nitrogen and oxygen atoms in total. The van der Waals surface area contributed by atoms with Gasteiger partial charge in [-0.2, -0.15) is 0 Å². The second-order valence-corrected chi connectivity index (χ2v) is 7.95. The Morgan fingerprint density at radius 2 is 1.97 bits per heavy atom. The number of hydrogen-bond donors (Lipinski definition) is 2. The van der Waals surface area contributed by atoms with Gasteiger partial charge in [-0.3, -0.25) is 0 Å². The number of nitrogens with zero attached hydrogens (tertiary/aromatic N) is 3. The van der Waals surface area contributed by atoms with Gasteiger partial charge in [-0.25, -0.2) is 9.98 Å². The summed E-state index contributed by atoms with van der Waals surface area (Å²) in [5.74, 6) is 1.65. The lowest BCUT2D eigenvalue weighted by molar-refractivity contribution is 0.199. The lowest BCUT2D eigenvalue weighted by Gasteiger charge is -2.32. The molecule has 7 heteroatoms. The molecule has 1 aliphatic carbocycles. The van der Waals surface area contributed by atoms with E-state index in [4.69, 9.17) is 9.73 Å². The van der Waals surface area contributed by atoms with Crippen molar-refractivity contribution in [3.05, 3.63) is 23.9 Å². The van der Waals surface area contributed by atoms with Gasteiger partial charge in [0, 0.05) is 37.4 Å². The average molecular weight is 515 g/mol. The first-order chi connectivity index (χ1) is 13.8. The standard InChI is InChI=1S/C22H37N5O.HI/c1-3-14-27-15-11-19(12-16-27)26-22(23-4-2)25-17-18-8-7-13-24-21(18)28-20-9-5-6-10-20;/h7-8,13,19-20H,3-6,9-12,14-17H2,1-2H3,(H2,23,25,26);1H. The second kappa shape index (κ2) is 13.3. The Morgan fingerprint density at radius 3 is 2.66 bits per heavy atom. The minimum atomic E-state index is 0. The topological polar surface area (TPSA) is 61.8 Å². The molecule has 2 aliphatic rings. The monoisotopic (exact) mass is 515 g/mol. The van der Waals surface area contributed by atoms with E-state index in [1.807, 2.05) is 12.3 Å². The SMILES string of the molecule is CCCN1CCC(NC(=NCc2cccnc2OC2CCCC2)NCC)CC1.I. The maximum Gasteiger partial charge on any atom is 0.218 e. The number of ether oxygens (including phenoxy) is 1. The maximum absolute atomic E-state index is 6.16. The summed E-state index contributed by atoms with van der Waals surface area (Å²) in [5, 5.41) is 7.03. The van der Waals surface area contributed by atoms with Crippen molar-refractivity contribution in [1.29, 1.82) is 0 Å². The third kappa shape index (κ3) is 7.92. The van der Waals surface area contributed by atoms with Gasteiger partial charge >= 0.3 is 0 Å². The third-order valence-electron chi connectivity index (χ3n) is 5.65. The summed E-state index contributed by atoms with van der Waals surface area (Å²) < 4.78 is 6.16. The van der Waals surface area contributed by atoms with Crippen LogP contribution in [0.3, 0.4) is 0 Å². The summed E-state index contributed by atoms with van der Waals surface area (Å²) in [5.41, 5.74) is 1.06. The van der Waals surface area contributed by atoms with Crippen LogP contribution in [0.1, 0.15) is 64.4 Å². The summed E-state index contributed by atoms with van der Waals surface area (Å²) in [6, 6.07) is 4.54. The first kappa shape index (κ1) is 24.2. The molecule has 0 amide bonds. The Hall–Kier alpha value is -1.09. The van der Waals surface area contributed by atoms with Gasteiger partial charge in [0.1, 0.15) is 6.10 Å². The Morgan fingerprint density at radius 1 is 1.21 bits per heavy atom. The van der Waals surface area contributed by atoms with Crippen LogP contribution in [0.2, 0.25) is 0 Å². The smallest absolute Gasteiger partial charge is 0.218 e. The van der Waals surface area contributed by atoms with E-state index in [2.05, 4.69) is 40.4 Å². The van der Waals surface area contributed by atoms with Crippen LogP contribution in [0.5, 0.6) is 5.88 Å². The van der Waals surface area contributed by atoms with Crippen molar-refractivity contribution >= 4 is 29.9 Å². The van der Waals surface area contributed by atoms with E-state index in [9.17, 15) is 0 Å². The molecule has 0 aromatic carbocycles. The van der Waals surface area contributed by atoms with Crippen LogP contribution in [0.25, 0.3) is 0 Å². The molecule has 0 radical (unpaired) electrons. The molecule has 0 unspecified atom stereocenters. The molecule has 0 spiro atoms. The molecule has 1 aromatic rings. The van der Waals surface area contributed by atoms with E-state index in [1.54, 1.807) is 0 Å². The summed E-state index contributed by atoms with van der Waals surface area (Å²) in [4.78, 5) is 11.9. The highest BCUT2D eigenvalue weighted by Crippen LogP contribution is 2.25. The largest absolute Gasteiger partial charge is 0.474 e. The molecule has 2 N–H and O–H groups in total. The number of guanidine groups is 1. The number of halogens is 1. The molecule has 1 saturated heterocycles. The number of rotatable bonds is 8. The zero-order valence-corrected chi connectivity index (χ0v) is 20.4. The molecule has 1 aliphatic heterocycles. The van der Waals surface area contributed by atoms with Gasteiger partial charge in [0.25, 0.3) is 0 Å². The van der Waals surface area contributed by atoms with Crippen molar-refractivity contribution in [2.75, 3.05) is 26.2 Å². The maximum atomic E-state index is 6.16. The lowest BCUT2D eigenvalue weighted by atomic mass is 10.1. The number of nitrogens with one attached hydrogen (secondary N) is 2. The van der Waals surface area contributed by atoms with Crippen LogP contribution in [0, 0.1) is 0 Å². The summed E-state index contributed by atoms with van der Waals surface area (Å²) in [6.07, 6.45) is 10.5. The van der Waals surface area contributed by atoms with Gasteiger partial charge in [-0.15, -0.1) is 24.0 Å². The third-order valence-corrected chi connectivity index (χ3v) is 5.65. The van der Waals surface area contributed by atoms with Crippen molar-refractivity contribution in [2.45, 2.75) is 77.5 Å². The van der Waals surface area contributed by atoms with E-state index in [0.29, 0.717) is 18.7 Å². The van der Waals surface area contributed by atoms with Crippen LogP contribution in [0.4, 0.5) is 0 Å². The van der Waals surface area contributed by atoms with Crippen LogP contribution in [-0.4, -0.2) is 54.2 Å². The van der Waals surface area contributed by atoms with Crippen LogP contribution >= 0.6 is 24.0 Å². The fourth-order valence-corrected chi connectivity index (χ4v) is 4.11. The quantitative estimate of drug-likeness (QED) is 0.312. The number of piperidine rings is 1. The van der Waals surface area contributed by atoms with E-state index >= 15 is 0 Å². The van der Waals surface area contributed by atoms with Gasteiger partial charge < -0.3 is 20.3 Å². The van der Waals surface area contributed by atoms with Crippen LogP contribution in [-0.2, 0) is 6.54 Å². The predicted molar refractivity (Wildman–Crippen MR) is 130 cm³/mol. The molecule has 1 aromatic heterocycles. The zero-order valence-electron chi connectivity index (χ0n) is 18.0. The van der Waals surface area contributed by atoms with Crippen LogP contribution in [0.15, 0.2) is 23.3 Å². The number of pyridine rings is 1. The molecule has 2 fully saturated rings. The number of aromatic nitrogens is 1. The minimum absolute atomic E-state index is 0. The molecular weight excluding hydrogens is 477 g/mol. The summed E-state index contributed by atoms with van der Waals surface area (Å²) in [7, 11) is 0. The Bertz CT molecular complexity index is 613. The first-order valence-electron chi connectivity index (χ1n) is 11.2. The first-order valence-corrected chi connectivity index (χ1v) is 11.2. The van der Waals surface area contributed by atoms with E-state index in [0.717, 1.165) is 36.8 Å². The lowest BCUT2D eigenvalue weighted by Crippen LogP contribution is -2.48. The average Bonchev–Trinajstić information content (AvgIpc) is 3.22. The van der Waals surface area contributed by atoms with Crippen molar-refractivity contribution in [1.82, 2.24) is 20.5 Å².